The molecular weight excluding hydrogens is 318 g/mol. The molecule has 2 aromatic rings. The molecule has 1 aliphatic heterocycles. The van der Waals surface area contributed by atoms with Crippen LogP contribution in [0.2, 0.25) is 0 Å². The highest BCUT2D eigenvalue weighted by Gasteiger charge is 2.31. The fraction of sp³-hybridized carbons (Fsp3) is 0.421. The molecule has 3 rings (SSSR count). The third-order valence-electron chi connectivity index (χ3n) is 4.68. The Morgan fingerprint density at radius 2 is 2.04 bits per heavy atom. The van der Waals surface area contributed by atoms with Gasteiger partial charge in [-0.05, 0) is 26.3 Å². The predicted octanol–water partition coefficient (Wildman–Crippen LogP) is 2.74. The van der Waals surface area contributed by atoms with Crippen LogP contribution in [-0.4, -0.2) is 48.1 Å². The Bertz CT molecular complexity index is 791. The molecule has 6 heteroatoms. The van der Waals surface area contributed by atoms with Gasteiger partial charge in [0.1, 0.15) is 5.82 Å². The number of methoxy groups -OCH3 is 2. The maximum absolute atomic E-state index is 12.8. The van der Waals surface area contributed by atoms with Crippen molar-refractivity contribution in [2.75, 3.05) is 27.3 Å². The van der Waals surface area contributed by atoms with E-state index in [1.165, 1.54) is 0 Å². The lowest BCUT2D eigenvalue weighted by molar-refractivity contribution is 0.0789. The first-order valence-electron chi connectivity index (χ1n) is 8.35. The summed E-state index contributed by atoms with van der Waals surface area (Å²) < 4.78 is 10.9. The number of aryl methyl sites for hydroxylation is 2. The number of ether oxygens (including phenoxy) is 2. The van der Waals surface area contributed by atoms with Crippen molar-refractivity contribution in [1.82, 2.24) is 14.9 Å². The zero-order chi connectivity index (χ0) is 18.0. The van der Waals surface area contributed by atoms with Crippen molar-refractivity contribution in [1.29, 1.82) is 0 Å². The number of aromatic nitrogens is 2. The Morgan fingerprint density at radius 1 is 1.24 bits per heavy atom. The molecular formula is C19H23N3O3. The van der Waals surface area contributed by atoms with Crippen LogP contribution in [0, 0.1) is 13.8 Å². The van der Waals surface area contributed by atoms with Gasteiger partial charge < -0.3 is 14.4 Å². The molecule has 0 spiro atoms. The zero-order valence-corrected chi connectivity index (χ0v) is 15.1. The van der Waals surface area contributed by atoms with Crippen LogP contribution < -0.4 is 9.47 Å². The van der Waals surface area contributed by atoms with E-state index < -0.39 is 0 Å². The lowest BCUT2D eigenvalue weighted by atomic mass is 9.97. The molecule has 2 heterocycles. The Morgan fingerprint density at radius 3 is 2.72 bits per heavy atom. The lowest BCUT2D eigenvalue weighted by Gasteiger charge is -2.19. The largest absolute Gasteiger partial charge is 0.493 e. The predicted molar refractivity (Wildman–Crippen MR) is 94.3 cm³/mol. The second-order valence-electron chi connectivity index (χ2n) is 6.24. The summed E-state index contributed by atoms with van der Waals surface area (Å²) in [7, 11) is 3.28. The molecule has 0 N–H and O–H groups in total. The molecule has 0 unspecified atom stereocenters. The monoisotopic (exact) mass is 341 g/mol. The van der Waals surface area contributed by atoms with E-state index >= 15 is 0 Å². The smallest absolute Gasteiger partial charge is 0.257 e. The molecule has 0 bridgehead atoms. The number of carbonyl (C=O) groups excluding carboxylic acids is 1. The number of nitrogens with zero attached hydrogens (tertiary/aromatic N) is 3. The van der Waals surface area contributed by atoms with Crippen molar-refractivity contribution in [2.24, 2.45) is 0 Å². The van der Waals surface area contributed by atoms with Crippen LogP contribution in [0.1, 0.15) is 39.8 Å². The highest BCUT2D eigenvalue weighted by atomic mass is 16.5. The molecule has 1 saturated heterocycles. The number of amides is 1. The van der Waals surface area contributed by atoms with Crippen LogP contribution in [0.3, 0.4) is 0 Å². The minimum atomic E-state index is -0.0122. The molecule has 0 saturated carbocycles. The fourth-order valence-corrected chi connectivity index (χ4v) is 3.40. The summed E-state index contributed by atoms with van der Waals surface area (Å²) in [6.07, 6.45) is 2.51. The van der Waals surface area contributed by atoms with Crippen molar-refractivity contribution in [2.45, 2.75) is 26.2 Å². The summed E-state index contributed by atoms with van der Waals surface area (Å²) in [6, 6.07) is 5.88. The SMILES string of the molecule is COc1cccc([C@@H]2CCN(C(=O)c3cnc(C)nc3C)C2)c1OC. The third kappa shape index (κ3) is 3.29. The Labute approximate surface area is 147 Å². The van der Waals surface area contributed by atoms with Crippen LogP contribution in [0.4, 0.5) is 0 Å². The summed E-state index contributed by atoms with van der Waals surface area (Å²) in [4.78, 5) is 23.2. The zero-order valence-electron chi connectivity index (χ0n) is 15.1. The summed E-state index contributed by atoms with van der Waals surface area (Å²) in [6.45, 7) is 5.02. The van der Waals surface area contributed by atoms with E-state index in [0.717, 1.165) is 23.4 Å². The molecule has 132 valence electrons. The molecule has 1 aromatic heterocycles. The van der Waals surface area contributed by atoms with Gasteiger partial charge in [-0.1, -0.05) is 12.1 Å². The van der Waals surface area contributed by atoms with Crippen LogP contribution >= 0.6 is 0 Å². The van der Waals surface area contributed by atoms with Crippen molar-refractivity contribution in [3.63, 3.8) is 0 Å². The maximum Gasteiger partial charge on any atom is 0.257 e. The van der Waals surface area contributed by atoms with Gasteiger partial charge in [-0.25, -0.2) is 9.97 Å². The molecule has 1 fully saturated rings. The lowest BCUT2D eigenvalue weighted by Crippen LogP contribution is -2.29. The molecule has 1 aliphatic rings. The number of rotatable bonds is 4. The van der Waals surface area contributed by atoms with Crippen LogP contribution in [0.15, 0.2) is 24.4 Å². The topological polar surface area (TPSA) is 64.5 Å². The summed E-state index contributed by atoms with van der Waals surface area (Å²) in [5, 5.41) is 0. The van der Waals surface area contributed by atoms with Crippen molar-refractivity contribution in [3.05, 3.63) is 47.0 Å². The van der Waals surface area contributed by atoms with E-state index in [-0.39, 0.29) is 11.8 Å². The minimum absolute atomic E-state index is 0.0122. The Hall–Kier alpha value is -2.63. The number of hydrogen-bond acceptors (Lipinski definition) is 5. The molecule has 0 radical (unpaired) electrons. The van der Waals surface area contributed by atoms with Crippen molar-refractivity contribution in [3.8, 4) is 11.5 Å². The molecule has 6 nitrogen and oxygen atoms in total. The Kier molecular flexibility index (Phi) is 4.88. The average molecular weight is 341 g/mol. The first-order valence-corrected chi connectivity index (χ1v) is 8.35. The molecule has 1 atom stereocenters. The van der Waals surface area contributed by atoms with E-state index in [9.17, 15) is 4.79 Å². The average Bonchev–Trinajstić information content (AvgIpc) is 3.10. The van der Waals surface area contributed by atoms with Gasteiger partial charge in [-0.2, -0.15) is 0 Å². The highest BCUT2D eigenvalue weighted by Crippen LogP contribution is 2.39. The van der Waals surface area contributed by atoms with Crippen molar-refractivity contribution < 1.29 is 14.3 Å². The minimum Gasteiger partial charge on any atom is -0.493 e. The van der Waals surface area contributed by atoms with Crippen molar-refractivity contribution >= 4 is 5.91 Å². The summed E-state index contributed by atoms with van der Waals surface area (Å²) in [5.74, 6) is 2.35. The second-order valence-corrected chi connectivity index (χ2v) is 6.24. The van der Waals surface area contributed by atoms with E-state index in [2.05, 4.69) is 9.97 Å². The second kappa shape index (κ2) is 7.09. The number of likely N-dealkylation sites (tertiary alicyclic amines) is 1. The maximum atomic E-state index is 12.8. The van der Waals surface area contributed by atoms with Gasteiger partial charge in [0.2, 0.25) is 0 Å². The van der Waals surface area contributed by atoms with Gasteiger partial charge in [0.15, 0.2) is 11.5 Å². The molecule has 0 aliphatic carbocycles. The molecule has 1 amide bonds. The Balaban J connectivity index is 1.81. The summed E-state index contributed by atoms with van der Waals surface area (Å²) in [5.41, 5.74) is 2.37. The number of para-hydroxylation sites is 1. The van der Waals surface area contributed by atoms with Gasteiger partial charge >= 0.3 is 0 Å². The van der Waals surface area contributed by atoms with Crippen LogP contribution in [0.25, 0.3) is 0 Å². The number of hydrogen-bond donors (Lipinski definition) is 0. The van der Waals surface area contributed by atoms with Gasteiger partial charge in [-0.15, -0.1) is 0 Å². The highest BCUT2D eigenvalue weighted by molar-refractivity contribution is 5.95. The first-order chi connectivity index (χ1) is 12.0. The standard InChI is InChI=1S/C19H23N3O3/c1-12-16(10-20-13(2)21-12)19(23)22-9-8-14(11-22)15-6-5-7-17(24-3)18(15)25-4/h5-7,10,14H,8-9,11H2,1-4H3/t14-/m1/s1. The van der Waals surface area contributed by atoms with E-state index in [0.29, 0.717) is 30.2 Å². The molecule has 1 aromatic carbocycles. The van der Waals surface area contributed by atoms with Crippen LogP contribution in [-0.2, 0) is 0 Å². The normalized spacial score (nSPS) is 16.8. The fourth-order valence-electron chi connectivity index (χ4n) is 3.40. The van der Waals surface area contributed by atoms with Gasteiger partial charge in [-0.3, -0.25) is 4.79 Å². The molecule has 25 heavy (non-hydrogen) atoms. The summed E-state index contributed by atoms with van der Waals surface area (Å²) >= 11 is 0. The number of benzene rings is 1. The van der Waals surface area contributed by atoms with Gasteiger partial charge in [0, 0.05) is 30.8 Å². The quantitative estimate of drug-likeness (QED) is 0.855. The van der Waals surface area contributed by atoms with E-state index in [1.54, 1.807) is 20.4 Å². The van der Waals surface area contributed by atoms with E-state index in [4.69, 9.17) is 9.47 Å². The first kappa shape index (κ1) is 17.2. The van der Waals surface area contributed by atoms with Gasteiger partial charge in [0.25, 0.3) is 5.91 Å². The van der Waals surface area contributed by atoms with Gasteiger partial charge in [0.05, 0.1) is 25.5 Å². The van der Waals surface area contributed by atoms with E-state index in [1.807, 2.05) is 36.9 Å². The third-order valence-corrected chi connectivity index (χ3v) is 4.68. The number of carbonyl (C=O) groups is 1. The van der Waals surface area contributed by atoms with Crippen LogP contribution in [0.5, 0.6) is 11.5 Å².